The van der Waals surface area contributed by atoms with Crippen LogP contribution in [0.15, 0.2) is 12.2 Å². The Morgan fingerprint density at radius 1 is 1.69 bits per heavy atom. The molecule has 0 fully saturated rings. The fraction of sp³-hybridized carbons (Fsp3) is 0.545. The molecule has 0 radical (unpaired) electrons. The lowest BCUT2D eigenvalue weighted by atomic mass is 9.90. The monoisotopic (exact) mass is 180 g/mol. The molecule has 0 saturated heterocycles. The lowest BCUT2D eigenvalue weighted by Crippen LogP contribution is -2.16. The second-order valence-corrected chi connectivity index (χ2v) is 3.43. The lowest BCUT2D eigenvalue weighted by Gasteiger charge is -2.15. The number of carbonyl (C=O) groups is 1. The minimum atomic E-state index is -0.814. The van der Waals surface area contributed by atoms with Crippen LogP contribution < -0.4 is 0 Å². The van der Waals surface area contributed by atoms with Gasteiger partial charge in [-0.25, -0.2) is 0 Å². The van der Waals surface area contributed by atoms with Crippen molar-refractivity contribution in [1.29, 1.82) is 0 Å². The number of aliphatic carboxylic acids is 1. The normalized spacial score (nSPS) is 14.2. The SMILES string of the molecule is C#CCC(CC(C)C(=C)C)C(=O)O. The molecule has 0 amide bonds. The van der Waals surface area contributed by atoms with E-state index in [2.05, 4.69) is 12.5 Å². The van der Waals surface area contributed by atoms with Crippen molar-refractivity contribution in [3.8, 4) is 12.3 Å². The van der Waals surface area contributed by atoms with Crippen LogP contribution in [0.2, 0.25) is 0 Å². The van der Waals surface area contributed by atoms with E-state index >= 15 is 0 Å². The van der Waals surface area contributed by atoms with Gasteiger partial charge in [0.25, 0.3) is 0 Å². The zero-order valence-electron chi connectivity index (χ0n) is 8.21. The zero-order valence-corrected chi connectivity index (χ0v) is 8.21. The van der Waals surface area contributed by atoms with Crippen molar-refractivity contribution in [1.82, 2.24) is 0 Å². The molecule has 2 unspecified atom stereocenters. The van der Waals surface area contributed by atoms with Gasteiger partial charge in [-0.3, -0.25) is 4.79 Å². The predicted molar refractivity (Wildman–Crippen MR) is 53.2 cm³/mol. The molecule has 0 aromatic heterocycles. The summed E-state index contributed by atoms with van der Waals surface area (Å²) in [7, 11) is 0. The van der Waals surface area contributed by atoms with E-state index in [4.69, 9.17) is 11.5 Å². The first-order valence-corrected chi connectivity index (χ1v) is 4.30. The van der Waals surface area contributed by atoms with Crippen molar-refractivity contribution >= 4 is 5.97 Å². The molecule has 0 heterocycles. The average molecular weight is 180 g/mol. The summed E-state index contributed by atoms with van der Waals surface area (Å²) in [6, 6.07) is 0. The smallest absolute Gasteiger partial charge is 0.307 e. The minimum absolute atomic E-state index is 0.217. The van der Waals surface area contributed by atoms with E-state index in [0.717, 1.165) is 5.57 Å². The summed E-state index contributed by atoms with van der Waals surface area (Å²) >= 11 is 0. The van der Waals surface area contributed by atoms with E-state index in [-0.39, 0.29) is 5.92 Å². The standard InChI is InChI=1S/C11H16O2/c1-5-6-10(11(12)13)7-9(4)8(2)3/h1,9-10H,2,6-7H2,3-4H3,(H,12,13). The van der Waals surface area contributed by atoms with Gasteiger partial charge in [-0.1, -0.05) is 19.1 Å². The van der Waals surface area contributed by atoms with E-state index in [1.54, 1.807) is 0 Å². The van der Waals surface area contributed by atoms with Gasteiger partial charge >= 0.3 is 5.97 Å². The number of hydrogen-bond donors (Lipinski definition) is 1. The first-order chi connectivity index (χ1) is 5.99. The lowest BCUT2D eigenvalue weighted by molar-refractivity contribution is -0.142. The predicted octanol–water partition coefficient (Wildman–Crippen LogP) is 2.31. The summed E-state index contributed by atoms with van der Waals surface area (Å²) in [6.07, 6.45) is 5.96. The van der Waals surface area contributed by atoms with E-state index in [1.807, 2.05) is 13.8 Å². The molecule has 2 atom stereocenters. The number of carboxylic acids is 1. The van der Waals surface area contributed by atoms with Crippen LogP contribution in [0.4, 0.5) is 0 Å². The second-order valence-electron chi connectivity index (χ2n) is 3.43. The van der Waals surface area contributed by atoms with Gasteiger partial charge in [-0.05, 0) is 19.3 Å². The molecule has 2 nitrogen and oxygen atoms in total. The van der Waals surface area contributed by atoms with Crippen molar-refractivity contribution in [3.05, 3.63) is 12.2 Å². The van der Waals surface area contributed by atoms with Crippen molar-refractivity contribution in [2.75, 3.05) is 0 Å². The molecule has 0 aromatic rings. The highest BCUT2D eigenvalue weighted by atomic mass is 16.4. The molecule has 0 aliphatic carbocycles. The third-order valence-corrected chi connectivity index (χ3v) is 2.19. The van der Waals surface area contributed by atoms with Crippen molar-refractivity contribution in [3.63, 3.8) is 0 Å². The van der Waals surface area contributed by atoms with Crippen molar-refractivity contribution in [2.45, 2.75) is 26.7 Å². The Morgan fingerprint density at radius 2 is 2.23 bits per heavy atom. The summed E-state index contributed by atoms with van der Waals surface area (Å²) < 4.78 is 0. The molecular weight excluding hydrogens is 164 g/mol. The van der Waals surface area contributed by atoms with Crippen LogP contribution in [0.1, 0.15) is 26.7 Å². The van der Waals surface area contributed by atoms with Gasteiger partial charge in [-0.15, -0.1) is 12.3 Å². The van der Waals surface area contributed by atoms with Gasteiger partial charge in [0.1, 0.15) is 0 Å². The molecule has 0 aliphatic heterocycles. The average Bonchev–Trinajstić information content (AvgIpc) is 2.03. The van der Waals surface area contributed by atoms with E-state index in [9.17, 15) is 4.79 Å². The fourth-order valence-electron chi connectivity index (χ4n) is 1.04. The van der Waals surface area contributed by atoms with Crippen LogP contribution >= 0.6 is 0 Å². The number of terminal acetylenes is 1. The van der Waals surface area contributed by atoms with Crippen molar-refractivity contribution < 1.29 is 9.90 Å². The molecule has 0 aliphatic rings. The van der Waals surface area contributed by atoms with Crippen molar-refractivity contribution in [2.24, 2.45) is 11.8 Å². The highest BCUT2D eigenvalue weighted by Crippen LogP contribution is 2.20. The largest absolute Gasteiger partial charge is 0.481 e. The van der Waals surface area contributed by atoms with Gasteiger partial charge in [0, 0.05) is 6.42 Å². The number of allylic oxidation sites excluding steroid dienone is 1. The maximum absolute atomic E-state index is 10.7. The summed E-state index contributed by atoms with van der Waals surface area (Å²) in [5, 5.41) is 8.81. The Bertz CT molecular complexity index is 235. The van der Waals surface area contributed by atoms with Crippen LogP contribution in [0.3, 0.4) is 0 Å². The second kappa shape index (κ2) is 5.42. The fourth-order valence-corrected chi connectivity index (χ4v) is 1.04. The van der Waals surface area contributed by atoms with E-state index < -0.39 is 11.9 Å². The Kier molecular flexibility index (Phi) is 4.91. The molecule has 0 spiro atoms. The van der Waals surface area contributed by atoms with Gasteiger partial charge in [-0.2, -0.15) is 0 Å². The third-order valence-electron chi connectivity index (χ3n) is 2.19. The Hall–Kier alpha value is -1.23. The van der Waals surface area contributed by atoms with Gasteiger partial charge in [0.2, 0.25) is 0 Å². The van der Waals surface area contributed by atoms with E-state index in [0.29, 0.717) is 12.8 Å². The first kappa shape index (κ1) is 11.8. The molecule has 0 saturated carbocycles. The van der Waals surface area contributed by atoms with Crippen LogP contribution in [-0.4, -0.2) is 11.1 Å². The van der Waals surface area contributed by atoms with Crippen LogP contribution in [0.5, 0.6) is 0 Å². The summed E-state index contributed by atoms with van der Waals surface area (Å²) in [5.41, 5.74) is 1.00. The Morgan fingerprint density at radius 3 is 2.54 bits per heavy atom. The van der Waals surface area contributed by atoms with Crippen LogP contribution in [-0.2, 0) is 4.79 Å². The maximum Gasteiger partial charge on any atom is 0.307 e. The Balaban J connectivity index is 4.19. The summed E-state index contributed by atoms with van der Waals surface area (Å²) in [4.78, 5) is 10.7. The quantitative estimate of drug-likeness (QED) is 0.520. The molecule has 0 aromatic carbocycles. The molecular formula is C11H16O2. The first-order valence-electron chi connectivity index (χ1n) is 4.30. The number of hydrogen-bond acceptors (Lipinski definition) is 1. The van der Waals surface area contributed by atoms with E-state index in [1.165, 1.54) is 0 Å². The molecule has 2 heteroatoms. The number of carboxylic acid groups (broad SMARTS) is 1. The molecule has 13 heavy (non-hydrogen) atoms. The third kappa shape index (κ3) is 4.37. The van der Waals surface area contributed by atoms with Crippen LogP contribution in [0.25, 0.3) is 0 Å². The minimum Gasteiger partial charge on any atom is -0.481 e. The topological polar surface area (TPSA) is 37.3 Å². The van der Waals surface area contributed by atoms with Gasteiger partial charge in [0.05, 0.1) is 5.92 Å². The summed E-state index contributed by atoms with van der Waals surface area (Å²) in [6.45, 7) is 7.65. The molecule has 0 bridgehead atoms. The zero-order chi connectivity index (χ0) is 10.4. The van der Waals surface area contributed by atoms with Gasteiger partial charge < -0.3 is 5.11 Å². The van der Waals surface area contributed by atoms with Gasteiger partial charge in [0.15, 0.2) is 0 Å². The van der Waals surface area contributed by atoms with Crippen LogP contribution in [0, 0.1) is 24.2 Å². The number of rotatable bonds is 5. The highest BCUT2D eigenvalue weighted by Gasteiger charge is 2.19. The Labute approximate surface area is 79.7 Å². The molecule has 72 valence electrons. The highest BCUT2D eigenvalue weighted by molar-refractivity contribution is 5.70. The maximum atomic E-state index is 10.7. The summed E-state index contributed by atoms with van der Waals surface area (Å²) in [5.74, 6) is 1.35. The molecule has 1 N–H and O–H groups in total. The molecule has 0 rings (SSSR count).